The van der Waals surface area contributed by atoms with Crippen molar-refractivity contribution in [1.82, 2.24) is 9.78 Å². The lowest BCUT2D eigenvalue weighted by Crippen LogP contribution is -2.40. The fourth-order valence-corrected chi connectivity index (χ4v) is 3.50. The first-order valence-electron chi connectivity index (χ1n) is 9.26. The summed E-state index contributed by atoms with van der Waals surface area (Å²) in [6.45, 7) is 0.561. The predicted molar refractivity (Wildman–Crippen MR) is 108 cm³/mol. The highest BCUT2D eigenvalue weighted by molar-refractivity contribution is 5.94. The maximum Gasteiger partial charge on any atom is 0.267 e. The lowest BCUT2D eigenvalue weighted by molar-refractivity contribution is -0.119. The number of para-hydroxylation sites is 1. The van der Waals surface area contributed by atoms with E-state index in [9.17, 15) is 9.59 Å². The van der Waals surface area contributed by atoms with Gasteiger partial charge in [-0.05, 0) is 42.7 Å². The lowest BCUT2D eigenvalue weighted by atomic mass is 10.0. The van der Waals surface area contributed by atoms with Crippen LogP contribution in [-0.2, 0) is 17.8 Å². The molecule has 0 fully saturated rings. The molecule has 4 rings (SSSR count). The third-order valence-corrected chi connectivity index (χ3v) is 4.93. The Labute approximate surface area is 163 Å². The van der Waals surface area contributed by atoms with E-state index in [0.29, 0.717) is 18.0 Å². The number of carbonyl (C=O) groups excluding carboxylic acids is 1. The van der Waals surface area contributed by atoms with E-state index in [-0.39, 0.29) is 18.0 Å². The second kappa shape index (κ2) is 7.68. The van der Waals surface area contributed by atoms with Crippen LogP contribution in [0.2, 0.25) is 0 Å². The zero-order valence-electron chi connectivity index (χ0n) is 15.7. The minimum atomic E-state index is -0.301. The molecule has 1 aromatic heterocycles. The normalized spacial score (nSPS) is 13.1. The summed E-state index contributed by atoms with van der Waals surface area (Å²) in [6.07, 6.45) is 1.87. The molecule has 0 saturated heterocycles. The summed E-state index contributed by atoms with van der Waals surface area (Å²) >= 11 is 0. The van der Waals surface area contributed by atoms with Crippen LogP contribution in [0.4, 0.5) is 5.69 Å². The topological polar surface area (TPSA) is 64.4 Å². The maximum absolute atomic E-state index is 12.9. The highest BCUT2D eigenvalue weighted by atomic mass is 16.5. The quantitative estimate of drug-likeness (QED) is 0.703. The van der Waals surface area contributed by atoms with Gasteiger partial charge in [0, 0.05) is 23.9 Å². The molecule has 6 heteroatoms. The molecule has 0 bridgehead atoms. The van der Waals surface area contributed by atoms with Gasteiger partial charge in [-0.2, -0.15) is 5.10 Å². The van der Waals surface area contributed by atoms with Crippen LogP contribution in [0.5, 0.6) is 5.75 Å². The SMILES string of the molecule is COc1cccc(-c2ccc(=O)n(CC(=O)N3CCCc4ccccc43)n2)c1. The van der Waals surface area contributed by atoms with E-state index < -0.39 is 0 Å². The van der Waals surface area contributed by atoms with Crippen molar-refractivity contribution in [2.45, 2.75) is 19.4 Å². The summed E-state index contributed by atoms with van der Waals surface area (Å²) in [6, 6.07) is 18.5. The summed E-state index contributed by atoms with van der Waals surface area (Å²) in [5, 5.41) is 4.41. The Kier molecular flexibility index (Phi) is 4.93. The molecule has 6 nitrogen and oxygen atoms in total. The van der Waals surface area contributed by atoms with Crippen molar-refractivity contribution in [3.05, 3.63) is 76.6 Å². The molecule has 0 unspecified atom stereocenters. The largest absolute Gasteiger partial charge is 0.497 e. The van der Waals surface area contributed by atoms with Gasteiger partial charge in [-0.25, -0.2) is 4.68 Å². The molecule has 28 heavy (non-hydrogen) atoms. The maximum atomic E-state index is 12.9. The first kappa shape index (κ1) is 18.0. The minimum absolute atomic E-state index is 0.0923. The van der Waals surface area contributed by atoms with Gasteiger partial charge in [0.1, 0.15) is 12.3 Å². The molecule has 0 atom stereocenters. The predicted octanol–water partition coefficient (Wildman–Crippen LogP) is 2.90. The molecule has 0 radical (unpaired) electrons. The highest BCUT2D eigenvalue weighted by Crippen LogP contribution is 2.27. The third kappa shape index (κ3) is 3.53. The van der Waals surface area contributed by atoms with Crippen LogP contribution < -0.4 is 15.2 Å². The van der Waals surface area contributed by atoms with Crippen LogP contribution in [0.3, 0.4) is 0 Å². The minimum Gasteiger partial charge on any atom is -0.497 e. The molecule has 3 aromatic rings. The molecule has 2 aromatic carbocycles. The van der Waals surface area contributed by atoms with E-state index in [0.717, 1.165) is 29.7 Å². The van der Waals surface area contributed by atoms with Gasteiger partial charge >= 0.3 is 0 Å². The van der Waals surface area contributed by atoms with Crippen molar-refractivity contribution in [1.29, 1.82) is 0 Å². The summed E-state index contributed by atoms with van der Waals surface area (Å²) < 4.78 is 6.48. The fraction of sp³-hybridized carbons (Fsp3) is 0.227. The molecule has 142 valence electrons. The van der Waals surface area contributed by atoms with Crippen LogP contribution in [0.15, 0.2) is 65.5 Å². The molecular formula is C22H21N3O3. The van der Waals surface area contributed by atoms with Crippen LogP contribution in [0.1, 0.15) is 12.0 Å². The summed E-state index contributed by atoms with van der Waals surface area (Å²) in [5.74, 6) is 0.572. The number of hydrogen-bond acceptors (Lipinski definition) is 4. The smallest absolute Gasteiger partial charge is 0.267 e. The first-order valence-corrected chi connectivity index (χ1v) is 9.26. The van der Waals surface area contributed by atoms with E-state index in [1.165, 1.54) is 10.7 Å². The van der Waals surface area contributed by atoms with Gasteiger partial charge in [-0.1, -0.05) is 30.3 Å². The standard InChI is InChI=1S/C22H21N3O3/c1-28-18-9-4-7-17(14-18)19-11-12-21(26)25(23-19)15-22(27)24-13-5-8-16-6-2-3-10-20(16)24/h2-4,6-7,9-12,14H,5,8,13,15H2,1H3. The summed E-state index contributed by atoms with van der Waals surface area (Å²) in [4.78, 5) is 27.0. The van der Waals surface area contributed by atoms with Gasteiger partial charge in [0.25, 0.3) is 5.56 Å². The Hall–Kier alpha value is -3.41. The van der Waals surface area contributed by atoms with Crippen LogP contribution >= 0.6 is 0 Å². The van der Waals surface area contributed by atoms with Gasteiger partial charge in [0.15, 0.2) is 0 Å². The van der Waals surface area contributed by atoms with E-state index in [4.69, 9.17) is 4.74 Å². The monoisotopic (exact) mass is 375 g/mol. The molecule has 1 aliphatic heterocycles. The van der Waals surface area contributed by atoms with Crippen molar-refractivity contribution in [3.63, 3.8) is 0 Å². The van der Waals surface area contributed by atoms with E-state index in [1.54, 1.807) is 18.1 Å². The molecule has 0 saturated carbocycles. The van der Waals surface area contributed by atoms with Crippen molar-refractivity contribution in [3.8, 4) is 17.0 Å². The average Bonchev–Trinajstić information content (AvgIpc) is 2.74. The van der Waals surface area contributed by atoms with E-state index in [1.807, 2.05) is 48.5 Å². The number of hydrogen-bond donors (Lipinski definition) is 0. The molecule has 2 heterocycles. The number of amides is 1. The Morgan fingerprint density at radius 3 is 2.82 bits per heavy atom. The Morgan fingerprint density at radius 1 is 1.11 bits per heavy atom. The molecule has 0 N–H and O–H groups in total. The molecule has 1 aliphatic rings. The zero-order chi connectivity index (χ0) is 19.5. The molecular weight excluding hydrogens is 354 g/mol. The number of nitrogens with zero attached hydrogens (tertiary/aromatic N) is 3. The Morgan fingerprint density at radius 2 is 1.96 bits per heavy atom. The summed E-state index contributed by atoms with van der Waals surface area (Å²) in [5.41, 5.74) is 3.22. The first-order chi connectivity index (χ1) is 13.7. The number of methoxy groups -OCH3 is 1. The van der Waals surface area contributed by atoms with Crippen molar-refractivity contribution in [2.75, 3.05) is 18.6 Å². The average molecular weight is 375 g/mol. The summed E-state index contributed by atoms with van der Waals surface area (Å²) in [7, 11) is 1.60. The second-order valence-corrected chi connectivity index (χ2v) is 6.72. The lowest BCUT2D eigenvalue weighted by Gasteiger charge is -2.29. The number of rotatable bonds is 4. The molecule has 0 spiro atoms. The number of benzene rings is 2. The van der Waals surface area contributed by atoms with Gasteiger partial charge in [-0.15, -0.1) is 0 Å². The van der Waals surface area contributed by atoms with E-state index in [2.05, 4.69) is 5.10 Å². The Balaban J connectivity index is 1.62. The number of fused-ring (bicyclic) bond motifs is 1. The fourth-order valence-electron chi connectivity index (χ4n) is 3.50. The van der Waals surface area contributed by atoms with Gasteiger partial charge < -0.3 is 9.64 Å². The van der Waals surface area contributed by atoms with Crippen LogP contribution in [0.25, 0.3) is 11.3 Å². The number of ether oxygens (including phenoxy) is 1. The molecule has 0 aliphatic carbocycles. The molecule has 1 amide bonds. The zero-order valence-corrected chi connectivity index (χ0v) is 15.7. The van der Waals surface area contributed by atoms with Gasteiger partial charge in [-0.3, -0.25) is 9.59 Å². The number of aryl methyl sites for hydroxylation is 1. The number of aromatic nitrogens is 2. The van der Waals surface area contributed by atoms with Gasteiger partial charge in [0.2, 0.25) is 5.91 Å². The number of anilines is 1. The third-order valence-electron chi connectivity index (χ3n) is 4.93. The van der Waals surface area contributed by atoms with Crippen molar-refractivity contribution < 1.29 is 9.53 Å². The van der Waals surface area contributed by atoms with Crippen LogP contribution in [-0.4, -0.2) is 29.3 Å². The van der Waals surface area contributed by atoms with Gasteiger partial charge in [0.05, 0.1) is 12.8 Å². The highest BCUT2D eigenvalue weighted by Gasteiger charge is 2.22. The second-order valence-electron chi connectivity index (χ2n) is 6.72. The van der Waals surface area contributed by atoms with Crippen LogP contribution in [0, 0.1) is 0 Å². The number of carbonyl (C=O) groups is 1. The van der Waals surface area contributed by atoms with E-state index >= 15 is 0 Å². The Bertz CT molecular complexity index is 1070. The van der Waals surface area contributed by atoms with Crippen molar-refractivity contribution >= 4 is 11.6 Å². The van der Waals surface area contributed by atoms with Crippen molar-refractivity contribution in [2.24, 2.45) is 0 Å².